The summed E-state index contributed by atoms with van der Waals surface area (Å²) in [6.45, 7) is 1.75. The molecule has 1 aromatic heterocycles. The Hall–Kier alpha value is -1.85. The third-order valence-electron chi connectivity index (χ3n) is 5.66. The molecule has 140 valence electrons. The highest BCUT2D eigenvalue weighted by Gasteiger charge is 2.42. The van der Waals surface area contributed by atoms with Crippen molar-refractivity contribution in [1.82, 2.24) is 9.88 Å². The minimum atomic E-state index is 0. The second kappa shape index (κ2) is 8.23. The van der Waals surface area contributed by atoms with Crippen molar-refractivity contribution < 1.29 is 9.21 Å². The number of fused-ring (bicyclic) bond motifs is 1. The molecule has 1 saturated heterocycles. The van der Waals surface area contributed by atoms with E-state index in [2.05, 4.69) is 4.98 Å². The lowest BCUT2D eigenvalue weighted by molar-refractivity contribution is -0.130. The van der Waals surface area contributed by atoms with Gasteiger partial charge in [-0.1, -0.05) is 30.3 Å². The predicted molar refractivity (Wildman–Crippen MR) is 103 cm³/mol. The van der Waals surface area contributed by atoms with Crippen molar-refractivity contribution in [3.63, 3.8) is 0 Å². The smallest absolute Gasteiger partial charge is 0.222 e. The maximum atomic E-state index is 12.4. The number of hydrogen-bond acceptors (Lipinski definition) is 4. The molecule has 2 aliphatic rings. The van der Waals surface area contributed by atoms with Crippen LogP contribution in [0.5, 0.6) is 0 Å². The number of nitrogens with zero attached hydrogens (tertiary/aromatic N) is 2. The molecule has 2 N–H and O–H groups in total. The molecule has 0 bridgehead atoms. The van der Waals surface area contributed by atoms with Gasteiger partial charge in [0.2, 0.25) is 5.91 Å². The molecule has 5 nitrogen and oxygen atoms in total. The zero-order valence-electron chi connectivity index (χ0n) is 14.8. The van der Waals surface area contributed by atoms with Crippen LogP contribution in [0.15, 0.2) is 40.9 Å². The zero-order chi connectivity index (χ0) is 17.2. The molecule has 1 saturated carbocycles. The van der Waals surface area contributed by atoms with E-state index in [1.54, 1.807) is 6.20 Å². The fraction of sp³-hybridized carbons (Fsp3) is 0.500. The lowest BCUT2D eigenvalue weighted by atomic mass is 9.98. The van der Waals surface area contributed by atoms with Gasteiger partial charge in [-0.2, -0.15) is 0 Å². The van der Waals surface area contributed by atoms with Crippen LogP contribution in [0, 0.1) is 11.8 Å². The number of amides is 1. The first-order valence-corrected chi connectivity index (χ1v) is 9.24. The molecule has 2 heterocycles. The third-order valence-corrected chi connectivity index (χ3v) is 5.66. The van der Waals surface area contributed by atoms with Crippen LogP contribution < -0.4 is 5.73 Å². The standard InChI is InChI=1S/C20H25N3O2.ClH/c21-17-10-9-15-12-23(13-16(15)17)20(24)8-4-7-19-22-11-18(25-19)14-5-2-1-3-6-14;/h1-3,5-6,11,15-17H,4,7-10,12-13,21H2;1H. The number of oxazole rings is 1. The lowest BCUT2D eigenvalue weighted by Crippen LogP contribution is -2.33. The Bertz CT molecular complexity index is 734. The molecule has 3 unspecified atom stereocenters. The minimum absolute atomic E-state index is 0. The Kier molecular flexibility index (Phi) is 5.99. The van der Waals surface area contributed by atoms with Gasteiger partial charge in [0.15, 0.2) is 11.7 Å². The lowest BCUT2D eigenvalue weighted by Gasteiger charge is -2.18. The topological polar surface area (TPSA) is 72.4 Å². The summed E-state index contributed by atoms with van der Waals surface area (Å²) < 4.78 is 5.80. The SMILES string of the molecule is Cl.NC1CCC2CN(C(=O)CCCc3ncc(-c4ccccc4)o3)CC12. The summed E-state index contributed by atoms with van der Waals surface area (Å²) in [6, 6.07) is 10.2. The molecule has 26 heavy (non-hydrogen) atoms. The number of rotatable bonds is 5. The van der Waals surface area contributed by atoms with Gasteiger partial charge in [-0.25, -0.2) is 4.98 Å². The normalized spacial score (nSPS) is 24.3. The van der Waals surface area contributed by atoms with Crippen LogP contribution in [0.2, 0.25) is 0 Å². The second-order valence-electron chi connectivity index (χ2n) is 7.30. The van der Waals surface area contributed by atoms with Gasteiger partial charge in [-0.15, -0.1) is 12.4 Å². The zero-order valence-corrected chi connectivity index (χ0v) is 15.7. The van der Waals surface area contributed by atoms with E-state index in [0.29, 0.717) is 30.6 Å². The molecular weight excluding hydrogens is 350 g/mol. The fourth-order valence-electron chi connectivity index (χ4n) is 4.22. The molecule has 1 aliphatic carbocycles. The van der Waals surface area contributed by atoms with Crippen molar-refractivity contribution in [3.05, 3.63) is 42.4 Å². The van der Waals surface area contributed by atoms with E-state index in [4.69, 9.17) is 10.2 Å². The quantitative estimate of drug-likeness (QED) is 0.870. The summed E-state index contributed by atoms with van der Waals surface area (Å²) in [7, 11) is 0. The molecule has 4 rings (SSSR count). The second-order valence-corrected chi connectivity index (χ2v) is 7.30. The van der Waals surface area contributed by atoms with Gasteiger partial charge in [0.1, 0.15) is 0 Å². The molecule has 6 heteroatoms. The number of aromatic nitrogens is 1. The average molecular weight is 376 g/mol. The highest BCUT2D eigenvalue weighted by atomic mass is 35.5. The van der Waals surface area contributed by atoms with E-state index in [1.165, 1.54) is 6.42 Å². The van der Waals surface area contributed by atoms with Crippen LogP contribution in [0.25, 0.3) is 11.3 Å². The number of carbonyl (C=O) groups is 1. The van der Waals surface area contributed by atoms with Crippen molar-refractivity contribution >= 4 is 18.3 Å². The Balaban J connectivity index is 0.00000196. The number of carbonyl (C=O) groups excluding carboxylic acids is 1. The van der Waals surface area contributed by atoms with Crippen LogP contribution in [0.3, 0.4) is 0 Å². The number of benzene rings is 1. The van der Waals surface area contributed by atoms with E-state index in [9.17, 15) is 4.79 Å². The summed E-state index contributed by atoms with van der Waals surface area (Å²) in [5, 5.41) is 0. The van der Waals surface area contributed by atoms with Crippen molar-refractivity contribution in [2.24, 2.45) is 17.6 Å². The Morgan fingerprint density at radius 3 is 2.81 bits per heavy atom. The summed E-state index contributed by atoms with van der Waals surface area (Å²) in [5.41, 5.74) is 7.18. The molecule has 0 spiro atoms. The first kappa shape index (κ1) is 18.9. The van der Waals surface area contributed by atoms with Gasteiger partial charge in [-0.3, -0.25) is 4.79 Å². The number of aryl methyl sites for hydroxylation is 1. The monoisotopic (exact) mass is 375 g/mol. The van der Waals surface area contributed by atoms with E-state index >= 15 is 0 Å². The summed E-state index contributed by atoms with van der Waals surface area (Å²) in [6.07, 6.45) is 6.07. The van der Waals surface area contributed by atoms with Gasteiger partial charge < -0.3 is 15.1 Å². The first-order valence-electron chi connectivity index (χ1n) is 9.24. The Morgan fingerprint density at radius 1 is 1.23 bits per heavy atom. The summed E-state index contributed by atoms with van der Waals surface area (Å²) in [4.78, 5) is 18.8. The number of hydrogen-bond donors (Lipinski definition) is 1. The molecule has 1 aromatic carbocycles. The molecule has 0 radical (unpaired) electrons. The Morgan fingerprint density at radius 2 is 2.04 bits per heavy atom. The van der Waals surface area contributed by atoms with Crippen molar-refractivity contribution in [1.29, 1.82) is 0 Å². The minimum Gasteiger partial charge on any atom is -0.441 e. The highest BCUT2D eigenvalue weighted by Crippen LogP contribution is 2.37. The molecule has 1 amide bonds. The van der Waals surface area contributed by atoms with Crippen molar-refractivity contribution in [2.75, 3.05) is 13.1 Å². The van der Waals surface area contributed by atoms with E-state index < -0.39 is 0 Å². The summed E-state index contributed by atoms with van der Waals surface area (Å²) >= 11 is 0. The van der Waals surface area contributed by atoms with E-state index in [-0.39, 0.29) is 24.4 Å². The van der Waals surface area contributed by atoms with Gasteiger partial charge in [0.05, 0.1) is 6.20 Å². The first-order chi connectivity index (χ1) is 12.2. The molecule has 2 fully saturated rings. The average Bonchev–Trinajstić information content (AvgIpc) is 3.34. The van der Waals surface area contributed by atoms with Crippen LogP contribution >= 0.6 is 12.4 Å². The predicted octanol–water partition coefficient (Wildman–Crippen LogP) is 3.28. The fourth-order valence-corrected chi connectivity index (χ4v) is 4.22. The maximum Gasteiger partial charge on any atom is 0.222 e. The molecule has 1 aliphatic heterocycles. The largest absolute Gasteiger partial charge is 0.441 e. The van der Waals surface area contributed by atoms with Crippen LogP contribution in [-0.2, 0) is 11.2 Å². The van der Waals surface area contributed by atoms with E-state index in [1.807, 2.05) is 35.2 Å². The van der Waals surface area contributed by atoms with Gasteiger partial charge in [0, 0.05) is 37.5 Å². The van der Waals surface area contributed by atoms with Gasteiger partial charge in [-0.05, 0) is 31.1 Å². The Labute approximate surface area is 160 Å². The molecule has 3 atom stereocenters. The van der Waals surface area contributed by atoms with Crippen molar-refractivity contribution in [3.8, 4) is 11.3 Å². The third kappa shape index (κ3) is 3.94. The van der Waals surface area contributed by atoms with Crippen LogP contribution in [0.4, 0.5) is 0 Å². The number of halogens is 1. The maximum absolute atomic E-state index is 12.4. The highest BCUT2D eigenvalue weighted by molar-refractivity contribution is 5.85. The van der Waals surface area contributed by atoms with Gasteiger partial charge >= 0.3 is 0 Å². The van der Waals surface area contributed by atoms with Crippen LogP contribution in [0.1, 0.15) is 31.6 Å². The molecular formula is C20H26ClN3O2. The number of likely N-dealkylation sites (tertiary alicyclic amines) is 1. The van der Waals surface area contributed by atoms with Gasteiger partial charge in [0.25, 0.3) is 0 Å². The van der Waals surface area contributed by atoms with Crippen molar-refractivity contribution in [2.45, 2.75) is 38.1 Å². The number of nitrogens with two attached hydrogens (primary N) is 1. The van der Waals surface area contributed by atoms with Crippen LogP contribution in [-0.4, -0.2) is 34.9 Å². The molecule has 2 aromatic rings. The summed E-state index contributed by atoms with van der Waals surface area (Å²) in [5.74, 6) is 2.87. The van der Waals surface area contributed by atoms with E-state index in [0.717, 1.165) is 37.3 Å².